The highest BCUT2D eigenvalue weighted by Gasteiger charge is 2.01. The van der Waals surface area contributed by atoms with Gasteiger partial charge in [-0.1, -0.05) is 6.92 Å². The molecular formula is C16H21N3O2. The molecular weight excluding hydrogens is 266 g/mol. The van der Waals surface area contributed by atoms with Gasteiger partial charge in [0.2, 0.25) is 0 Å². The summed E-state index contributed by atoms with van der Waals surface area (Å²) in [4.78, 5) is 10.6. The van der Waals surface area contributed by atoms with E-state index in [-0.39, 0.29) is 6.61 Å². The Balaban J connectivity index is 1.88. The van der Waals surface area contributed by atoms with Gasteiger partial charge in [0.25, 0.3) is 5.91 Å². The van der Waals surface area contributed by atoms with Crippen molar-refractivity contribution in [1.82, 2.24) is 4.57 Å². The Bertz CT molecular complexity index is 575. The van der Waals surface area contributed by atoms with Crippen LogP contribution in [0.25, 0.3) is 0 Å². The minimum atomic E-state index is -0.478. The molecule has 0 radical (unpaired) electrons. The van der Waals surface area contributed by atoms with Crippen molar-refractivity contribution in [3.05, 3.63) is 48.3 Å². The summed E-state index contributed by atoms with van der Waals surface area (Å²) < 4.78 is 7.46. The lowest BCUT2D eigenvalue weighted by Crippen LogP contribution is -2.19. The van der Waals surface area contributed by atoms with Gasteiger partial charge in [-0.2, -0.15) is 0 Å². The van der Waals surface area contributed by atoms with Crippen LogP contribution in [0, 0.1) is 0 Å². The van der Waals surface area contributed by atoms with Crippen molar-refractivity contribution in [2.75, 3.05) is 11.9 Å². The standard InChI is InChI=1S/C16H21N3O2/c1-2-9-19-10-3-4-14(19)11-18-13-5-7-15(8-6-13)21-12-16(17)20/h3-8,10,18H,2,9,11-12H2,1H3,(H2,17,20). The zero-order valence-electron chi connectivity index (χ0n) is 12.2. The molecule has 0 saturated heterocycles. The van der Waals surface area contributed by atoms with Crippen LogP contribution in [0.15, 0.2) is 42.6 Å². The molecule has 5 nitrogen and oxygen atoms in total. The number of carbonyl (C=O) groups excluding carboxylic acids is 1. The topological polar surface area (TPSA) is 69.3 Å². The van der Waals surface area contributed by atoms with E-state index in [1.807, 2.05) is 24.3 Å². The first kappa shape index (κ1) is 15.0. The lowest BCUT2D eigenvalue weighted by Gasteiger charge is -2.11. The third-order valence-corrected chi connectivity index (χ3v) is 3.10. The first-order valence-electron chi connectivity index (χ1n) is 7.08. The minimum absolute atomic E-state index is 0.0999. The molecule has 1 aromatic heterocycles. The average Bonchev–Trinajstić information content (AvgIpc) is 2.92. The monoisotopic (exact) mass is 287 g/mol. The average molecular weight is 287 g/mol. The number of aromatic nitrogens is 1. The first-order chi connectivity index (χ1) is 10.2. The molecule has 1 amide bonds. The fourth-order valence-electron chi connectivity index (χ4n) is 2.09. The van der Waals surface area contributed by atoms with Crippen molar-refractivity contribution >= 4 is 11.6 Å². The Morgan fingerprint density at radius 2 is 2.05 bits per heavy atom. The van der Waals surface area contributed by atoms with Crippen LogP contribution in [-0.4, -0.2) is 17.1 Å². The molecule has 3 N–H and O–H groups in total. The van der Waals surface area contributed by atoms with Crippen molar-refractivity contribution in [3.63, 3.8) is 0 Å². The fourth-order valence-corrected chi connectivity index (χ4v) is 2.09. The van der Waals surface area contributed by atoms with E-state index in [9.17, 15) is 4.79 Å². The molecule has 0 fully saturated rings. The highest BCUT2D eigenvalue weighted by molar-refractivity contribution is 5.75. The van der Waals surface area contributed by atoms with E-state index >= 15 is 0 Å². The van der Waals surface area contributed by atoms with Gasteiger partial charge >= 0.3 is 0 Å². The Morgan fingerprint density at radius 3 is 2.71 bits per heavy atom. The molecule has 1 heterocycles. The number of primary amides is 1. The second kappa shape index (κ2) is 7.38. The summed E-state index contributed by atoms with van der Waals surface area (Å²) in [5.41, 5.74) is 7.29. The summed E-state index contributed by atoms with van der Waals surface area (Å²) in [6, 6.07) is 11.7. The molecule has 0 atom stereocenters. The molecule has 0 bridgehead atoms. The van der Waals surface area contributed by atoms with Crippen LogP contribution in [0.4, 0.5) is 5.69 Å². The van der Waals surface area contributed by atoms with Crippen LogP contribution in [-0.2, 0) is 17.9 Å². The quantitative estimate of drug-likeness (QED) is 0.783. The number of nitrogens with one attached hydrogen (secondary N) is 1. The first-order valence-corrected chi connectivity index (χ1v) is 7.08. The lowest BCUT2D eigenvalue weighted by molar-refractivity contribution is -0.119. The van der Waals surface area contributed by atoms with E-state index in [0.29, 0.717) is 5.75 Å². The highest BCUT2D eigenvalue weighted by atomic mass is 16.5. The van der Waals surface area contributed by atoms with Crippen molar-refractivity contribution in [1.29, 1.82) is 0 Å². The highest BCUT2D eigenvalue weighted by Crippen LogP contribution is 2.16. The number of amides is 1. The van der Waals surface area contributed by atoms with E-state index in [0.717, 1.165) is 25.2 Å². The van der Waals surface area contributed by atoms with Gasteiger partial charge in [-0.3, -0.25) is 4.79 Å². The molecule has 2 aromatic rings. The predicted octanol–water partition coefficient (Wildman–Crippen LogP) is 2.37. The van der Waals surface area contributed by atoms with E-state index in [4.69, 9.17) is 10.5 Å². The van der Waals surface area contributed by atoms with Crippen LogP contribution >= 0.6 is 0 Å². The number of benzene rings is 1. The van der Waals surface area contributed by atoms with Crippen molar-refractivity contribution in [3.8, 4) is 5.75 Å². The number of nitrogens with zero attached hydrogens (tertiary/aromatic N) is 1. The maximum Gasteiger partial charge on any atom is 0.255 e. The number of ether oxygens (including phenoxy) is 1. The molecule has 0 aliphatic heterocycles. The van der Waals surface area contributed by atoms with Gasteiger partial charge < -0.3 is 20.4 Å². The van der Waals surface area contributed by atoms with Crippen molar-refractivity contribution < 1.29 is 9.53 Å². The molecule has 0 saturated carbocycles. The molecule has 2 rings (SSSR count). The predicted molar refractivity (Wildman–Crippen MR) is 83.2 cm³/mol. The SMILES string of the molecule is CCCn1cccc1CNc1ccc(OCC(N)=O)cc1. The third kappa shape index (κ3) is 4.56. The van der Waals surface area contributed by atoms with Crippen LogP contribution in [0.3, 0.4) is 0 Å². The summed E-state index contributed by atoms with van der Waals surface area (Å²) in [6.45, 7) is 3.87. The fraction of sp³-hybridized carbons (Fsp3) is 0.312. The largest absolute Gasteiger partial charge is 0.484 e. The Labute approximate surface area is 124 Å². The number of aryl methyl sites for hydroxylation is 1. The van der Waals surface area contributed by atoms with Crippen molar-refractivity contribution in [2.45, 2.75) is 26.4 Å². The molecule has 21 heavy (non-hydrogen) atoms. The number of hydrogen-bond donors (Lipinski definition) is 2. The van der Waals surface area contributed by atoms with Gasteiger partial charge in [-0.05, 0) is 42.8 Å². The number of hydrogen-bond acceptors (Lipinski definition) is 3. The minimum Gasteiger partial charge on any atom is -0.484 e. The number of anilines is 1. The summed E-state index contributed by atoms with van der Waals surface area (Å²) in [6.07, 6.45) is 3.22. The Kier molecular flexibility index (Phi) is 5.26. The molecule has 5 heteroatoms. The zero-order valence-corrected chi connectivity index (χ0v) is 12.2. The smallest absolute Gasteiger partial charge is 0.255 e. The zero-order chi connectivity index (χ0) is 15.1. The number of nitrogens with two attached hydrogens (primary N) is 1. The molecule has 0 unspecified atom stereocenters. The van der Waals surface area contributed by atoms with Crippen LogP contribution in [0.5, 0.6) is 5.75 Å². The van der Waals surface area contributed by atoms with Crippen LogP contribution in [0.1, 0.15) is 19.0 Å². The van der Waals surface area contributed by atoms with Gasteiger partial charge in [0, 0.05) is 24.1 Å². The summed E-state index contributed by atoms with van der Waals surface area (Å²) in [7, 11) is 0. The lowest BCUT2D eigenvalue weighted by atomic mass is 10.3. The Morgan fingerprint density at radius 1 is 1.29 bits per heavy atom. The Hall–Kier alpha value is -2.43. The van der Waals surface area contributed by atoms with Crippen molar-refractivity contribution in [2.24, 2.45) is 5.73 Å². The summed E-state index contributed by atoms with van der Waals surface area (Å²) in [5.74, 6) is 0.155. The van der Waals surface area contributed by atoms with Gasteiger partial charge in [0.1, 0.15) is 5.75 Å². The van der Waals surface area contributed by atoms with Crippen LogP contribution in [0.2, 0.25) is 0 Å². The number of rotatable bonds is 8. The molecule has 0 aliphatic rings. The molecule has 0 spiro atoms. The normalized spacial score (nSPS) is 10.3. The van der Waals surface area contributed by atoms with Gasteiger partial charge in [0.15, 0.2) is 6.61 Å². The van der Waals surface area contributed by atoms with E-state index in [1.165, 1.54) is 5.69 Å². The van der Waals surface area contributed by atoms with Gasteiger partial charge in [0.05, 0.1) is 6.54 Å². The number of carbonyl (C=O) groups is 1. The second-order valence-corrected chi connectivity index (χ2v) is 4.83. The summed E-state index contributed by atoms with van der Waals surface area (Å²) >= 11 is 0. The van der Waals surface area contributed by atoms with Gasteiger partial charge in [-0.25, -0.2) is 0 Å². The molecule has 112 valence electrons. The third-order valence-electron chi connectivity index (χ3n) is 3.10. The van der Waals surface area contributed by atoms with Crippen LogP contribution < -0.4 is 15.8 Å². The maximum atomic E-state index is 10.6. The maximum absolute atomic E-state index is 10.6. The van der Waals surface area contributed by atoms with E-state index < -0.39 is 5.91 Å². The van der Waals surface area contributed by atoms with E-state index in [1.54, 1.807) is 0 Å². The molecule has 0 aliphatic carbocycles. The van der Waals surface area contributed by atoms with Gasteiger partial charge in [-0.15, -0.1) is 0 Å². The molecule has 1 aromatic carbocycles. The summed E-state index contributed by atoms with van der Waals surface area (Å²) in [5, 5.41) is 3.37. The second-order valence-electron chi connectivity index (χ2n) is 4.83. The van der Waals surface area contributed by atoms with E-state index in [2.05, 4.69) is 35.1 Å².